The van der Waals surface area contributed by atoms with Crippen molar-refractivity contribution in [2.24, 2.45) is 5.92 Å². The minimum Gasteiger partial charge on any atom is -0.306 e. The van der Waals surface area contributed by atoms with Crippen LogP contribution in [0, 0.1) is 5.92 Å². The summed E-state index contributed by atoms with van der Waals surface area (Å²) < 4.78 is 2.08. The van der Waals surface area contributed by atoms with Crippen LogP contribution in [0.2, 0.25) is 0 Å². The van der Waals surface area contributed by atoms with Gasteiger partial charge in [0.1, 0.15) is 0 Å². The van der Waals surface area contributed by atoms with Gasteiger partial charge in [-0.05, 0) is 38.1 Å². The Kier molecular flexibility index (Phi) is 3.82. The first-order valence-electron chi connectivity index (χ1n) is 6.82. The molecule has 0 amide bonds. The van der Waals surface area contributed by atoms with Crippen molar-refractivity contribution in [1.82, 2.24) is 20.3 Å². The van der Waals surface area contributed by atoms with Gasteiger partial charge < -0.3 is 5.32 Å². The highest BCUT2D eigenvalue weighted by atomic mass is 15.4. The van der Waals surface area contributed by atoms with E-state index in [-0.39, 0.29) is 5.54 Å². The molecule has 0 spiro atoms. The summed E-state index contributed by atoms with van der Waals surface area (Å²) in [6.07, 6.45) is 6.70. The van der Waals surface area contributed by atoms with Gasteiger partial charge in [0.2, 0.25) is 0 Å². The quantitative estimate of drug-likeness (QED) is 0.853. The lowest BCUT2D eigenvalue weighted by molar-refractivity contribution is 0.287. The van der Waals surface area contributed by atoms with Gasteiger partial charge in [-0.1, -0.05) is 26.0 Å². The Morgan fingerprint density at radius 1 is 1.53 bits per heavy atom. The molecule has 0 aliphatic carbocycles. The van der Waals surface area contributed by atoms with E-state index >= 15 is 0 Å². The molecule has 1 aromatic heterocycles. The molecule has 0 radical (unpaired) electrons. The summed E-state index contributed by atoms with van der Waals surface area (Å²) in [7, 11) is 0. The summed E-state index contributed by atoms with van der Waals surface area (Å²) in [6.45, 7) is 8.84. The summed E-state index contributed by atoms with van der Waals surface area (Å²) in [4.78, 5) is 0. The maximum atomic E-state index is 4.23. The number of rotatable bonds is 5. The van der Waals surface area contributed by atoms with Crippen LogP contribution in [0.5, 0.6) is 0 Å². The highest BCUT2D eigenvalue weighted by molar-refractivity contribution is 5.14. The third-order valence-electron chi connectivity index (χ3n) is 3.54. The van der Waals surface area contributed by atoms with Crippen molar-refractivity contribution in [2.45, 2.75) is 58.5 Å². The van der Waals surface area contributed by atoms with Gasteiger partial charge >= 0.3 is 0 Å². The van der Waals surface area contributed by atoms with Crippen LogP contribution in [0.3, 0.4) is 0 Å². The van der Waals surface area contributed by atoms with Gasteiger partial charge in [-0.2, -0.15) is 0 Å². The highest BCUT2D eigenvalue weighted by Crippen LogP contribution is 2.36. The third kappa shape index (κ3) is 2.51. The van der Waals surface area contributed by atoms with Crippen molar-refractivity contribution < 1.29 is 0 Å². The second-order valence-corrected chi connectivity index (χ2v) is 5.55. The van der Waals surface area contributed by atoms with Crippen molar-refractivity contribution in [3.05, 3.63) is 11.9 Å². The second-order valence-electron chi connectivity index (χ2n) is 5.55. The molecule has 0 aromatic carbocycles. The van der Waals surface area contributed by atoms with E-state index in [4.69, 9.17) is 0 Å². The van der Waals surface area contributed by atoms with Gasteiger partial charge in [0.15, 0.2) is 0 Å². The summed E-state index contributed by atoms with van der Waals surface area (Å²) >= 11 is 0. The topological polar surface area (TPSA) is 42.7 Å². The van der Waals surface area contributed by atoms with E-state index in [1.165, 1.54) is 25.0 Å². The smallest absolute Gasteiger partial charge is 0.0788 e. The fraction of sp³-hybridized carbons (Fsp3) is 0.846. The molecular weight excluding hydrogens is 212 g/mol. The van der Waals surface area contributed by atoms with Crippen LogP contribution in [0.15, 0.2) is 6.20 Å². The highest BCUT2D eigenvalue weighted by Gasteiger charge is 2.38. The summed E-state index contributed by atoms with van der Waals surface area (Å²) in [5.41, 5.74) is 1.40. The van der Waals surface area contributed by atoms with Crippen molar-refractivity contribution in [3.63, 3.8) is 0 Å². The number of hydrogen-bond acceptors (Lipinski definition) is 3. The van der Waals surface area contributed by atoms with E-state index < -0.39 is 0 Å². The molecule has 1 atom stereocenters. The van der Waals surface area contributed by atoms with Gasteiger partial charge in [0.25, 0.3) is 0 Å². The molecule has 2 heterocycles. The standard InChI is InChI=1S/C13H24N4/c1-4-8-17-12(10-15-16-17)13(9-11(2)3)6-5-7-14-13/h10-11,14H,4-9H2,1-3H3. The van der Waals surface area contributed by atoms with Crippen molar-refractivity contribution in [1.29, 1.82) is 0 Å². The molecule has 1 aliphatic rings. The van der Waals surface area contributed by atoms with Crippen molar-refractivity contribution >= 4 is 0 Å². The van der Waals surface area contributed by atoms with Gasteiger partial charge in [-0.3, -0.25) is 0 Å². The Morgan fingerprint density at radius 2 is 2.35 bits per heavy atom. The monoisotopic (exact) mass is 236 g/mol. The van der Waals surface area contributed by atoms with Crippen LogP contribution in [-0.2, 0) is 12.1 Å². The molecule has 2 rings (SSSR count). The molecule has 0 saturated carbocycles. The minimum atomic E-state index is 0.118. The summed E-state index contributed by atoms with van der Waals surface area (Å²) in [6, 6.07) is 0. The average molecular weight is 236 g/mol. The summed E-state index contributed by atoms with van der Waals surface area (Å²) in [5, 5.41) is 12.0. The van der Waals surface area contributed by atoms with Crippen LogP contribution in [0.4, 0.5) is 0 Å². The first kappa shape index (κ1) is 12.6. The molecule has 1 unspecified atom stereocenters. The fourth-order valence-electron chi connectivity index (χ4n) is 3.01. The molecule has 4 heteroatoms. The number of hydrogen-bond donors (Lipinski definition) is 1. The molecule has 96 valence electrons. The van der Waals surface area contributed by atoms with E-state index in [0.29, 0.717) is 5.92 Å². The molecular formula is C13H24N4. The predicted molar refractivity (Wildman–Crippen MR) is 68.7 cm³/mol. The SMILES string of the molecule is CCCn1nncc1C1(CC(C)C)CCCN1. The van der Waals surface area contributed by atoms with Crippen molar-refractivity contribution in [3.8, 4) is 0 Å². The molecule has 1 saturated heterocycles. The Hall–Kier alpha value is -0.900. The lowest BCUT2D eigenvalue weighted by Gasteiger charge is -2.31. The Bertz CT molecular complexity index is 350. The molecule has 4 nitrogen and oxygen atoms in total. The Morgan fingerprint density at radius 3 is 2.94 bits per heavy atom. The number of nitrogens with one attached hydrogen (secondary N) is 1. The molecule has 17 heavy (non-hydrogen) atoms. The number of aromatic nitrogens is 3. The zero-order valence-corrected chi connectivity index (χ0v) is 11.2. The minimum absolute atomic E-state index is 0.118. The zero-order chi connectivity index (χ0) is 12.3. The van der Waals surface area contributed by atoms with E-state index in [1.54, 1.807) is 0 Å². The van der Waals surface area contributed by atoms with Crippen LogP contribution in [0.1, 0.15) is 52.1 Å². The first-order valence-corrected chi connectivity index (χ1v) is 6.82. The normalized spacial score (nSPS) is 24.7. The van der Waals surface area contributed by atoms with Crippen LogP contribution < -0.4 is 5.32 Å². The maximum Gasteiger partial charge on any atom is 0.0788 e. The number of nitrogens with zero attached hydrogens (tertiary/aromatic N) is 3. The molecule has 1 fully saturated rings. The second kappa shape index (κ2) is 5.17. The molecule has 1 aliphatic heterocycles. The van der Waals surface area contributed by atoms with Crippen molar-refractivity contribution in [2.75, 3.05) is 6.54 Å². The van der Waals surface area contributed by atoms with Crippen LogP contribution in [-0.4, -0.2) is 21.5 Å². The molecule has 0 bridgehead atoms. The van der Waals surface area contributed by atoms with E-state index in [2.05, 4.69) is 41.1 Å². The molecule has 1 aromatic rings. The van der Waals surface area contributed by atoms with E-state index in [0.717, 1.165) is 19.5 Å². The zero-order valence-electron chi connectivity index (χ0n) is 11.2. The molecule has 1 N–H and O–H groups in total. The Labute approximate surface area is 104 Å². The van der Waals surface area contributed by atoms with Gasteiger partial charge in [-0.25, -0.2) is 4.68 Å². The predicted octanol–water partition coefficient (Wildman–Crippen LogP) is 2.31. The number of aryl methyl sites for hydroxylation is 1. The maximum absolute atomic E-state index is 4.23. The average Bonchev–Trinajstić information content (AvgIpc) is 2.87. The lowest BCUT2D eigenvalue weighted by atomic mass is 9.84. The fourth-order valence-corrected chi connectivity index (χ4v) is 3.01. The lowest BCUT2D eigenvalue weighted by Crippen LogP contribution is -2.40. The largest absolute Gasteiger partial charge is 0.306 e. The van der Waals surface area contributed by atoms with E-state index in [1.807, 2.05) is 6.20 Å². The first-order chi connectivity index (χ1) is 8.18. The van der Waals surface area contributed by atoms with Gasteiger partial charge in [0, 0.05) is 6.54 Å². The van der Waals surface area contributed by atoms with Gasteiger partial charge in [0.05, 0.1) is 17.4 Å². The van der Waals surface area contributed by atoms with Crippen LogP contribution in [0.25, 0.3) is 0 Å². The van der Waals surface area contributed by atoms with Gasteiger partial charge in [-0.15, -0.1) is 5.10 Å². The van der Waals surface area contributed by atoms with E-state index in [9.17, 15) is 0 Å². The Balaban J connectivity index is 2.28. The van der Waals surface area contributed by atoms with Crippen LogP contribution >= 0.6 is 0 Å². The third-order valence-corrected chi connectivity index (χ3v) is 3.54. The summed E-state index contributed by atoms with van der Waals surface area (Å²) in [5.74, 6) is 0.686.